The third-order valence-corrected chi connectivity index (χ3v) is 3.91. The molecule has 1 atom stereocenters. The fourth-order valence-corrected chi connectivity index (χ4v) is 2.65. The summed E-state index contributed by atoms with van der Waals surface area (Å²) in [5, 5.41) is 6.02. The van der Waals surface area contributed by atoms with E-state index in [0.717, 1.165) is 5.56 Å². The summed E-state index contributed by atoms with van der Waals surface area (Å²) < 4.78 is 24.2. The number of nitrogens with zero attached hydrogens (tertiary/aromatic N) is 2. The van der Waals surface area contributed by atoms with Crippen LogP contribution in [0, 0.1) is 5.82 Å². The molecule has 8 heteroatoms. The molecule has 2 aromatic carbocycles. The molecule has 130 valence electrons. The standard InChI is InChI=1S/C18H12FN3O4/c19-11-6-4-10(5-7-11)8-25-12-2-1-3-13-14(12)15(23)17(26-13)16(24)18-20-9-21-22-18/h1-7,9,17H,8H2,(H,20,21,22). The summed E-state index contributed by atoms with van der Waals surface area (Å²) in [5.74, 6) is -0.935. The zero-order chi connectivity index (χ0) is 18.1. The Morgan fingerprint density at radius 2 is 2.04 bits per heavy atom. The van der Waals surface area contributed by atoms with E-state index in [2.05, 4.69) is 15.2 Å². The van der Waals surface area contributed by atoms with Gasteiger partial charge in [-0.1, -0.05) is 18.2 Å². The molecule has 3 aromatic rings. The van der Waals surface area contributed by atoms with Crippen LogP contribution in [0.25, 0.3) is 0 Å². The molecule has 0 radical (unpaired) electrons. The Labute approximate surface area is 146 Å². The van der Waals surface area contributed by atoms with Crippen molar-refractivity contribution in [3.8, 4) is 11.5 Å². The Bertz CT molecular complexity index is 971. The maximum atomic E-state index is 13.0. The molecule has 7 nitrogen and oxygen atoms in total. The second kappa shape index (κ2) is 6.40. The lowest BCUT2D eigenvalue weighted by atomic mass is 10.0. The first-order chi connectivity index (χ1) is 12.6. The number of halogens is 1. The highest BCUT2D eigenvalue weighted by atomic mass is 19.1. The van der Waals surface area contributed by atoms with Gasteiger partial charge in [0.1, 0.15) is 35.8 Å². The summed E-state index contributed by atoms with van der Waals surface area (Å²) in [6.45, 7) is 0.144. The molecule has 0 bridgehead atoms. The van der Waals surface area contributed by atoms with Crippen molar-refractivity contribution in [2.45, 2.75) is 12.7 Å². The van der Waals surface area contributed by atoms with Crippen LogP contribution in [0.1, 0.15) is 26.5 Å². The summed E-state index contributed by atoms with van der Waals surface area (Å²) in [6, 6.07) is 10.7. The average molecular weight is 353 g/mol. The molecular weight excluding hydrogens is 341 g/mol. The number of fused-ring (bicyclic) bond motifs is 1. The summed E-state index contributed by atoms with van der Waals surface area (Å²) >= 11 is 0. The van der Waals surface area contributed by atoms with E-state index in [1.807, 2.05) is 0 Å². The Kier molecular flexibility index (Phi) is 3.92. The number of ether oxygens (including phenoxy) is 2. The second-order valence-corrected chi connectivity index (χ2v) is 5.60. The first-order valence-electron chi connectivity index (χ1n) is 7.74. The Morgan fingerprint density at radius 3 is 2.77 bits per heavy atom. The van der Waals surface area contributed by atoms with Crippen LogP contribution in [0.4, 0.5) is 4.39 Å². The van der Waals surface area contributed by atoms with Gasteiger partial charge in [0.15, 0.2) is 5.82 Å². The SMILES string of the molecule is O=C(c1ncn[nH]1)C1Oc2cccc(OCc3ccc(F)cc3)c2C1=O. The van der Waals surface area contributed by atoms with Crippen LogP contribution in [0.2, 0.25) is 0 Å². The minimum Gasteiger partial charge on any atom is -0.488 e. The van der Waals surface area contributed by atoms with Gasteiger partial charge in [0.25, 0.3) is 0 Å². The van der Waals surface area contributed by atoms with E-state index >= 15 is 0 Å². The highest BCUT2D eigenvalue weighted by molar-refractivity contribution is 6.21. The molecule has 0 spiro atoms. The van der Waals surface area contributed by atoms with Gasteiger partial charge < -0.3 is 9.47 Å². The summed E-state index contributed by atoms with van der Waals surface area (Å²) in [4.78, 5) is 28.8. The average Bonchev–Trinajstić information content (AvgIpc) is 3.29. The van der Waals surface area contributed by atoms with Gasteiger partial charge in [-0.15, -0.1) is 0 Å². The number of ketones is 2. The number of Topliss-reactive ketones (excluding diaryl/α,β-unsaturated/α-hetero) is 2. The van der Waals surface area contributed by atoms with Gasteiger partial charge in [-0.3, -0.25) is 14.7 Å². The summed E-state index contributed by atoms with van der Waals surface area (Å²) in [6.07, 6.45) is -0.148. The van der Waals surface area contributed by atoms with Gasteiger partial charge in [0.2, 0.25) is 17.7 Å². The number of H-pyrrole nitrogens is 1. The highest BCUT2D eigenvalue weighted by Crippen LogP contribution is 2.37. The van der Waals surface area contributed by atoms with Gasteiger partial charge in [-0.05, 0) is 29.8 Å². The fourth-order valence-electron chi connectivity index (χ4n) is 2.65. The number of aromatic amines is 1. The Morgan fingerprint density at radius 1 is 1.23 bits per heavy atom. The summed E-state index contributed by atoms with van der Waals surface area (Å²) in [5.41, 5.74) is 0.942. The van der Waals surface area contributed by atoms with Crippen molar-refractivity contribution >= 4 is 11.6 Å². The van der Waals surface area contributed by atoms with Crippen molar-refractivity contribution in [2.24, 2.45) is 0 Å². The molecule has 26 heavy (non-hydrogen) atoms. The predicted molar refractivity (Wildman–Crippen MR) is 86.6 cm³/mol. The number of nitrogens with one attached hydrogen (secondary N) is 1. The maximum absolute atomic E-state index is 13.0. The van der Waals surface area contributed by atoms with E-state index in [-0.39, 0.29) is 29.6 Å². The smallest absolute Gasteiger partial charge is 0.248 e. The number of hydrogen-bond donors (Lipinski definition) is 1. The van der Waals surface area contributed by atoms with Crippen LogP contribution >= 0.6 is 0 Å². The monoisotopic (exact) mass is 353 g/mol. The number of rotatable bonds is 5. The third kappa shape index (κ3) is 2.81. The molecule has 0 saturated carbocycles. The van der Waals surface area contributed by atoms with Crippen LogP contribution in [0.5, 0.6) is 11.5 Å². The predicted octanol–water partition coefficient (Wildman–Crippen LogP) is 2.35. The maximum Gasteiger partial charge on any atom is 0.248 e. The van der Waals surface area contributed by atoms with Crippen molar-refractivity contribution in [1.29, 1.82) is 0 Å². The van der Waals surface area contributed by atoms with Crippen molar-refractivity contribution in [1.82, 2.24) is 15.2 Å². The molecule has 0 amide bonds. The molecule has 0 saturated heterocycles. The number of carbonyl (C=O) groups excluding carboxylic acids is 2. The van der Waals surface area contributed by atoms with E-state index in [0.29, 0.717) is 5.75 Å². The number of carbonyl (C=O) groups is 2. The minimum absolute atomic E-state index is 0.0510. The van der Waals surface area contributed by atoms with Crippen molar-refractivity contribution in [2.75, 3.05) is 0 Å². The number of aromatic nitrogens is 3. The Hall–Kier alpha value is -3.55. The highest BCUT2D eigenvalue weighted by Gasteiger charge is 2.41. The molecule has 2 heterocycles. The molecule has 0 fully saturated rings. The lowest BCUT2D eigenvalue weighted by Crippen LogP contribution is -2.31. The van der Waals surface area contributed by atoms with E-state index in [4.69, 9.17) is 9.47 Å². The van der Waals surface area contributed by atoms with Gasteiger partial charge in [0, 0.05) is 0 Å². The molecule has 1 aliphatic heterocycles. The van der Waals surface area contributed by atoms with Gasteiger partial charge in [-0.2, -0.15) is 5.10 Å². The van der Waals surface area contributed by atoms with Gasteiger partial charge in [0.05, 0.1) is 0 Å². The molecule has 1 unspecified atom stereocenters. The van der Waals surface area contributed by atoms with E-state index in [9.17, 15) is 14.0 Å². The van der Waals surface area contributed by atoms with Crippen molar-refractivity contribution < 1.29 is 23.5 Å². The zero-order valence-electron chi connectivity index (χ0n) is 13.3. The first kappa shape index (κ1) is 15.9. The molecular formula is C18H12FN3O4. The van der Waals surface area contributed by atoms with Gasteiger partial charge in [-0.25, -0.2) is 9.37 Å². The van der Waals surface area contributed by atoms with Crippen molar-refractivity contribution in [3.63, 3.8) is 0 Å². The molecule has 4 rings (SSSR count). The van der Waals surface area contributed by atoms with E-state index < -0.39 is 17.7 Å². The first-order valence-corrected chi connectivity index (χ1v) is 7.74. The van der Waals surface area contributed by atoms with Crippen molar-refractivity contribution in [3.05, 3.63) is 71.6 Å². The Balaban J connectivity index is 1.56. The molecule has 1 N–H and O–H groups in total. The van der Waals surface area contributed by atoms with Crippen LogP contribution in [0.3, 0.4) is 0 Å². The minimum atomic E-state index is -1.33. The lowest BCUT2D eigenvalue weighted by Gasteiger charge is -2.08. The van der Waals surface area contributed by atoms with Crippen LogP contribution in [0.15, 0.2) is 48.8 Å². The third-order valence-electron chi connectivity index (χ3n) is 3.91. The largest absolute Gasteiger partial charge is 0.488 e. The quantitative estimate of drug-likeness (QED) is 0.559. The normalized spacial score (nSPS) is 15.4. The molecule has 1 aromatic heterocycles. The van der Waals surface area contributed by atoms with E-state index in [1.54, 1.807) is 30.3 Å². The van der Waals surface area contributed by atoms with E-state index in [1.165, 1.54) is 18.5 Å². The van der Waals surface area contributed by atoms with Crippen LogP contribution in [-0.4, -0.2) is 32.9 Å². The zero-order valence-corrected chi connectivity index (χ0v) is 13.3. The van der Waals surface area contributed by atoms with Crippen LogP contribution < -0.4 is 9.47 Å². The number of hydrogen-bond acceptors (Lipinski definition) is 6. The van der Waals surface area contributed by atoms with Gasteiger partial charge >= 0.3 is 0 Å². The number of benzene rings is 2. The molecule has 1 aliphatic rings. The molecule has 0 aliphatic carbocycles. The van der Waals surface area contributed by atoms with Crippen LogP contribution in [-0.2, 0) is 6.61 Å². The lowest BCUT2D eigenvalue weighted by molar-refractivity contribution is 0.0712. The fraction of sp³-hybridized carbons (Fsp3) is 0.111. The summed E-state index contributed by atoms with van der Waals surface area (Å²) in [7, 11) is 0. The second-order valence-electron chi connectivity index (χ2n) is 5.60. The topological polar surface area (TPSA) is 94.2 Å².